The molecule has 3 amide bonds. The minimum Gasteiger partial charge on any atom is -0.475 e. The van der Waals surface area contributed by atoms with Crippen LogP contribution in [0.5, 0.6) is 5.88 Å². The highest BCUT2D eigenvalue weighted by atomic mass is 32.2. The highest BCUT2D eigenvalue weighted by Gasteiger charge is 2.33. The second-order valence-corrected chi connectivity index (χ2v) is 10.9. The molecule has 0 aliphatic carbocycles. The summed E-state index contributed by atoms with van der Waals surface area (Å²) < 4.78 is 87.9. The smallest absolute Gasteiger partial charge is 0.433 e. The number of nitrogens with two attached hydrogens (primary N) is 1. The zero-order valence-corrected chi connectivity index (χ0v) is 22.5. The number of hydrogen-bond donors (Lipinski definition) is 3. The molecule has 1 aromatic carbocycles. The third-order valence-electron chi connectivity index (χ3n) is 4.55. The Kier molecular flexibility index (Phi) is 9.73. The van der Waals surface area contributed by atoms with E-state index in [1.165, 1.54) is 26.8 Å². The molecule has 0 aliphatic rings. The minimum atomic E-state index is -4.69. The highest BCUT2D eigenvalue weighted by molar-refractivity contribution is 7.87. The summed E-state index contributed by atoms with van der Waals surface area (Å²) in [5.41, 5.74) is -2.32. The standard InChI is InChI=1S/C23H29F4N5O6S/c1-13(2)37-19-14(7-9-18(31-19)23(25,26)27)11-29-20(33)30-16-8-6-15(17(24)10-16)12-32(39(28,35)36)21(34)38-22(3,4)5/h6-10,13H,11-12H2,1-5H3,(H2,28,35,36)(H2,29,30,33). The van der Waals surface area contributed by atoms with Crippen molar-refractivity contribution in [1.82, 2.24) is 14.6 Å². The van der Waals surface area contributed by atoms with Gasteiger partial charge in [-0.25, -0.2) is 24.1 Å². The van der Waals surface area contributed by atoms with Gasteiger partial charge in [-0.15, -0.1) is 0 Å². The number of amides is 3. The molecule has 0 spiro atoms. The number of aromatic nitrogens is 1. The van der Waals surface area contributed by atoms with Crippen molar-refractivity contribution in [3.8, 4) is 5.88 Å². The van der Waals surface area contributed by atoms with E-state index in [0.717, 1.165) is 24.3 Å². The molecule has 2 rings (SSSR count). The van der Waals surface area contributed by atoms with Gasteiger partial charge in [0.2, 0.25) is 5.88 Å². The van der Waals surface area contributed by atoms with Crippen molar-refractivity contribution in [2.75, 3.05) is 5.32 Å². The molecule has 0 unspecified atom stereocenters. The number of carbonyl (C=O) groups is 2. The molecule has 1 aromatic heterocycles. The third-order valence-corrected chi connectivity index (χ3v) is 5.44. The molecule has 0 fully saturated rings. The quantitative estimate of drug-likeness (QED) is 0.395. The number of rotatable bonds is 8. The van der Waals surface area contributed by atoms with Crippen molar-refractivity contribution in [2.24, 2.45) is 5.14 Å². The number of alkyl halides is 3. The van der Waals surface area contributed by atoms with E-state index in [1.807, 2.05) is 0 Å². The van der Waals surface area contributed by atoms with Crippen molar-refractivity contribution in [3.63, 3.8) is 0 Å². The average Bonchev–Trinajstić information content (AvgIpc) is 2.74. The van der Waals surface area contributed by atoms with E-state index in [1.54, 1.807) is 13.8 Å². The van der Waals surface area contributed by atoms with Crippen molar-refractivity contribution in [1.29, 1.82) is 0 Å². The lowest BCUT2D eigenvalue weighted by Gasteiger charge is -2.25. The number of ether oxygens (including phenoxy) is 2. The van der Waals surface area contributed by atoms with E-state index in [9.17, 15) is 35.6 Å². The Morgan fingerprint density at radius 3 is 2.23 bits per heavy atom. The van der Waals surface area contributed by atoms with Crippen LogP contribution in [0.4, 0.5) is 32.8 Å². The van der Waals surface area contributed by atoms with Gasteiger partial charge in [-0.1, -0.05) is 6.07 Å². The largest absolute Gasteiger partial charge is 0.475 e. The average molecular weight is 580 g/mol. The van der Waals surface area contributed by atoms with Crippen molar-refractivity contribution < 1.29 is 45.0 Å². The number of halogens is 4. The van der Waals surface area contributed by atoms with Gasteiger partial charge >= 0.3 is 28.5 Å². The van der Waals surface area contributed by atoms with Gasteiger partial charge in [0.25, 0.3) is 0 Å². The molecular weight excluding hydrogens is 550 g/mol. The molecule has 0 bridgehead atoms. The Hall–Kier alpha value is -3.66. The highest BCUT2D eigenvalue weighted by Crippen LogP contribution is 2.30. The molecule has 11 nitrogen and oxygen atoms in total. The van der Waals surface area contributed by atoms with Crippen LogP contribution >= 0.6 is 0 Å². The van der Waals surface area contributed by atoms with Crippen LogP contribution in [0.15, 0.2) is 30.3 Å². The van der Waals surface area contributed by atoms with Crippen molar-refractivity contribution >= 4 is 28.0 Å². The monoisotopic (exact) mass is 579 g/mol. The van der Waals surface area contributed by atoms with Gasteiger partial charge in [0.05, 0.1) is 12.6 Å². The number of benzene rings is 1. The van der Waals surface area contributed by atoms with Crippen LogP contribution in [0, 0.1) is 5.82 Å². The van der Waals surface area contributed by atoms with Crippen LogP contribution in [-0.4, -0.2) is 41.5 Å². The number of pyridine rings is 1. The normalized spacial score (nSPS) is 12.2. The third kappa shape index (κ3) is 9.86. The number of hydrogen-bond acceptors (Lipinski definition) is 7. The van der Waals surface area contributed by atoms with E-state index < -0.39 is 58.3 Å². The Bertz CT molecular complexity index is 1310. The molecule has 16 heteroatoms. The summed E-state index contributed by atoms with van der Waals surface area (Å²) in [6, 6.07) is 4.27. The first-order valence-corrected chi connectivity index (χ1v) is 12.9. The summed E-state index contributed by atoms with van der Waals surface area (Å²) in [4.78, 5) is 28.1. The maximum Gasteiger partial charge on any atom is 0.433 e. The summed E-state index contributed by atoms with van der Waals surface area (Å²) in [5, 5.41) is 9.82. The molecule has 216 valence electrons. The predicted molar refractivity (Wildman–Crippen MR) is 132 cm³/mol. The molecule has 39 heavy (non-hydrogen) atoms. The van der Waals surface area contributed by atoms with E-state index in [2.05, 4.69) is 15.6 Å². The minimum absolute atomic E-state index is 0.0441. The van der Waals surface area contributed by atoms with Crippen LogP contribution in [0.2, 0.25) is 0 Å². The fourth-order valence-electron chi connectivity index (χ4n) is 2.92. The molecule has 0 saturated carbocycles. The Morgan fingerprint density at radius 2 is 1.72 bits per heavy atom. The lowest BCUT2D eigenvalue weighted by Crippen LogP contribution is -2.43. The van der Waals surface area contributed by atoms with Crippen molar-refractivity contribution in [2.45, 2.75) is 65.6 Å². The van der Waals surface area contributed by atoms with Gasteiger partial charge in [-0.3, -0.25) is 0 Å². The van der Waals surface area contributed by atoms with Crippen LogP contribution in [0.3, 0.4) is 0 Å². The first-order valence-electron chi connectivity index (χ1n) is 11.4. The molecule has 0 radical (unpaired) electrons. The number of nitrogens with one attached hydrogen (secondary N) is 2. The summed E-state index contributed by atoms with van der Waals surface area (Å²) in [6.45, 7) is 6.67. The maximum atomic E-state index is 14.7. The number of urea groups is 1. The number of anilines is 1. The summed E-state index contributed by atoms with van der Waals surface area (Å²) in [5.74, 6) is -1.27. The summed E-state index contributed by atoms with van der Waals surface area (Å²) >= 11 is 0. The van der Waals surface area contributed by atoms with Gasteiger partial charge in [0, 0.05) is 23.4 Å². The van der Waals surface area contributed by atoms with Crippen LogP contribution < -0.4 is 20.5 Å². The lowest BCUT2D eigenvalue weighted by molar-refractivity contribution is -0.141. The topological polar surface area (TPSA) is 153 Å². The Balaban J connectivity index is 2.12. The molecule has 0 atom stereocenters. The SMILES string of the molecule is CC(C)Oc1nc(C(F)(F)F)ccc1CNC(=O)Nc1ccc(CN(C(=O)OC(C)(C)C)S(N)(=O)=O)c(F)c1. The van der Waals surface area contributed by atoms with Crippen LogP contribution in [0.1, 0.15) is 51.4 Å². The molecule has 4 N–H and O–H groups in total. The summed E-state index contributed by atoms with van der Waals surface area (Å²) in [7, 11) is -4.60. The molecule has 2 aromatic rings. The van der Waals surface area contributed by atoms with Gasteiger partial charge in [-0.2, -0.15) is 25.9 Å². The number of nitrogens with zero attached hydrogens (tertiary/aromatic N) is 2. The second-order valence-electron chi connectivity index (χ2n) is 9.47. The van der Waals surface area contributed by atoms with Crippen molar-refractivity contribution in [3.05, 3.63) is 53.0 Å². The van der Waals surface area contributed by atoms with E-state index in [-0.39, 0.29) is 33.5 Å². The van der Waals surface area contributed by atoms with E-state index >= 15 is 0 Å². The van der Waals surface area contributed by atoms with Crippen LogP contribution in [-0.2, 0) is 34.2 Å². The Morgan fingerprint density at radius 1 is 1.10 bits per heavy atom. The zero-order valence-electron chi connectivity index (χ0n) is 21.7. The van der Waals surface area contributed by atoms with Gasteiger partial charge in [-0.05, 0) is 58.9 Å². The first-order chi connectivity index (χ1) is 17.8. The molecule has 1 heterocycles. The Labute approximate surface area is 222 Å². The molecule has 0 aliphatic heterocycles. The second kappa shape index (κ2) is 12.0. The summed E-state index contributed by atoms with van der Waals surface area (Å²) in [6.07, 6.45) is -6.48. The van der Waals surface area contributed by atoms with Gasteiger partial charge in [0.1, 0.15) is 17.1 Å². The van der Waals surface area contributed by atoms with E-state index in [0.29, 0.717) is 0 Å². The maximum absolute atomic E-state index is 14.7. The fourth-order valence-corrected chi connectivity index (χ4v) is 3.48. The van der Waals surface area contributed by atoms with E-state index in [4.69, 9.17) is 14.6 Å². The number of carbonyl (C=O) groups excluding carboxylic acids is 2. The van der Waals surface area contributed by atoms with Crippen LogP contribution in [0.25, 0.3) is 0 Å². The predicted octanol–water partition coefficient (Wildman–Crippen LogP) is 4.29. The van der Waals surface area contributed by atoms with Gasteiger partial charge < -0.3 is 20.1 Å². The van der Waals surface area contributed by atoms with Gasteiger partial charge in [0.15, 0.2) is 0 Å². The molecule has 0 saturated heterocycles. The lowest BCUT2D eigenvalue weighted by atomic mass is 10.2. The molecular formula is C23H29F4N5O6S. The first kappa shape index (κ1) is 31.6. The fraction of sp³-hybridized carbons (Fsp3) is 0.435. The zero-order chi connectivity index (χ0) is 29.8.